The Hall–Kier alpha value is -4.62. The molecular weight excluding hydrogens is 459 g/mol. The van der Waals surface area contributed by atoms with Gasteiger partial charge in [-0.1, -0.05) is 11.2 Å². The average Bonchev–Trinajstić information content (AvgIpc) is 3.44. The molecule has 1 aromatic carbocycles. The maximum absolute atomic E-state index is 12.3. The number of aromatic nitrogens is 4. The second-order valence-corrected chi connectivity index (χ2v) is 6.74. The number of rotatable bonds is 4. The van der Waals surface area contributed by atoms with Gasteiger partial charge in [-0.3, -0.25) is 14.9 Å². The number of hydrogen-bond acceptors (Lipinski definition) is 8. The fraction of sp³-hybridized carbons (Fsp3) is 0.150. The number of carbonyl (C=O) groups excluding carboxylic acids is 1. The number of anilines is 2. The standard InChI is InChI=1S/C18H17N7O2.C2HF3O2/c1-2-21-18(26)11-5-9(3-4-13(11)19)15-14-16(27-25-17(14)20)12(8-22-15)10-6-23-24-7-10;3-2(4,5)1(6)7/h3-8H,2,19H2,1H3,(H2,20,25)(H,21,26)(H,23,24);(H,6,7). The fourth-order valence-corrected chi connectivity index (χ4v) is 2.95. The number of H-pyrrole nitrogens is 1. The number of carboxylic acids is 1. The number of nitrogen functional groups attached to an aromatic ring is 2. The summed E-state index contributed by atoms with van der Waals surface area (Å²) in [5.74, 6) is -2.79. The van der Waals surface area contributed by atoms with Gasteiger partial charge in [-0.05, 0) is 19.1 Å². The molecule has 0 saturated heterocycles. The average molecular weight is 477 g/mol. The van der Waals surface area contributed by atoms with Gasteiger partial charge in [0.1, 0.15) is 0 Å². The number of nitrogens with two attached hydrogens (primary N) is 2. The zero-order valence-corrected chi connectivity index (χ0v) is 17.5. The van der Waals surface area contributed by atoms with Crippen LogP contribution in [0.5, 0.6) is 0 Å². The van der Waals surface area contributed by atoms with Gasteiger partial charge in [0, 0.05) is 41.3 Å². The van der Waals surface area contributed by atoms with E-state index in [1.165, 1.54) is 0 Å². The van der Waals surface area contributed by atoms with Crippen molar-refractivity contribution in [3.8, 4) is 22.4 Å². The summed E-state index contributed by atoms with van der Waals surface area (Å²) >= 11 is 0. The van der Waals surface area contributed by atoms with Crippen LogP contribution in [-0.4, -0.2) is 50.0 Å². The van der Waals surface area contributed by atoms with Crippen molar-refractivity contribution in [2.24, 2.45) is 0 Å². The number of halogens is 3. The molecule has 0 atom stereocenters. The van der Waals surface area contributed by atoms with Crippen molar-refractivity contribution >= 4 is 34.4 Å². The van der Waals surface area contributed by atoms with E-state index in [1.807, 2.05) is 6.92 Å². The molecule has 0 bridgehead atoms. The first kappa shape index (κ1) is 24.0. The predicted molar refractivity (Wildman–Crippen MR) is 115 cm³/mol. The molecule has 4 aromatic rings. The molecule has 0 spiro atoms. The zero-order valence-electron chi connectivity index (χ0n) is 17.5. The van der Waals surface area contributed by atoms with E-state index in [0.717, 1.165) is 5.56 Å². The van der Waals surface area contributed by atoms with Crippen LogP contribution in [0.2, 0.25) is 0 Å². The van der Waals surface area contributed by atoms with Gasteiger partial charge in [0.25, 0.3) is 5.91 Å². The maximum atomic E-state index is 12.3. The fourth-order valence-electron chi connectivity index (χ4n) is 2.95. The maximum Gasteiger partial charge on any atom is 0.490 e. The lowest BCUT2D eigenvalue weighted by Crippen LogP contribution is -2.23. The van der Waals surface area contributed by atoms with E-state index in [2.05, 4.69) is 25.7 Å². The molecule has 0 aliphatic rings. The second kappa shape index (κ2) is 9.48. The Morgan fingerprint density at radius 2 is 1.91 bits per heavy atom. The summed E-state index contributed by atoms with van der Waals surface area (Å²) in [6.07, 6.45) is -0.0359. The highest BCUT2D eigenvalue weighted by molar-refractivity contribution is 6.06. The molecule has 0 radical (unpaired) electrons. The summed E-state index contributed by atoms with van der Waals surface area (Å²) in [7, 11) is 0. The topological polar surface area (TPSA) is 186 Å². The first-order valence-corrected chi connectivity index (χ1v) is 9.55. The van der Waals surface area contributed by atoms with E-state index in [-0.39, 0.29) is 11.7 Å². The predicted octanol–water partition coefficient (Wildman–Crippen LogP) is 2.83. The minimum absolute atomic E-state index is 0.217. The summed E-state index contributed by atoms with van der Waals surface area (Å²) in [5, 5.41) is 21.0. The minimum atomic E-state index is -5.08. The van der Waals surface area contributed by atoms with Crippen molar-refractivity contribution in [2.75, 3.05) is 18.0 Å². The number of aliphatic carboxylic acids is 1. The van der Waals surface area contributed by atoms with Gasteiger partial charge in [-0.15, -0.1) is 0 Å². The highest BCUT2D eigenvalue weighted by Crippen LogP contribution is 2.37. The Kier molecular flexibility index (Phi) is 6.70. The normalized spacial score (nSPS) is 11.1. The third-order valence-corrected chi connectivity index (χ3v) is 4.48. The monoisotopic (exact) mass is 477 g/mol. The lowest BCUT2D eigenvalue weighted by atomic mass is 10.0. The third kappa shape index (κ3) is 4.90. The largest absolute Gasteiger partial charge is 0.490 e. The summed E-state index contributed by atoms with van der Waals surface area (Å²) in [4.78, 5) is 25.7. The molecule has 11 nitrogen and oxygen atoms in total. The van der Waals surface area contributed by atoms with Crippen molar-refractivity contribution in [3.05, 3.63) is 42.4 Å². The Morgan fingerprint density at radius 3 is 2.50 bits per heavy atom. The third-order valence-electron chi connectivity index (χ3n) is 4.48. The number of nitrogens with one attached hydrogen (secondary N) is 2. The number of nitrogens with zero attached hydrogens (tertiary/aromatic N) is 3. The molecule has 0 saturated carbocycles. The number of amides is 1. The van der Waals surface area contributed by atoms with E-state index < -0.39 is 12.1 Å². The summed E-state index contributed by atoms with van der Waals surface area (Å²) in [6, 6.07) is 5.14. The van der Waals surface area contributed by atoms with Crippen LogP contribution in [0.1, 0.15) is 17.3 Å². The Labute approximate surface area is 188 Å². The van der Waals surface area contributed by atoms with Crippen LogP contribution in [0, 0.1) is 0 Å². The number of carboxylic acid groups (broad SMARTS) is 1. The number of pyridine rings is 1. The van der Waals surface area contributed by atoms with Crippen LogP contribution in [0.25, 0.3) is 33.4 Å². The summed E-state index contributed by atoms with van der Waals surface area (Å²) in [6.45, 7) is 2.35. The van der Waals surface area contributed by atoms with E-state index in [9.17, 15) is 18.0 Å². The molecular formula is C20H18F3N7O4. The van der Waals surface area contributed by atoms with E-state index in [4.69, 9.17) is 25.9 Å². The molecule has 0 unspecified atom stereocenters. The number of benzene rings is 1. The van der Waals surface area contributed by atoms with Crippen LogP contribution in [0.3, 0.4) is 0 Å². The van der Waals surface area contributed by atoms with Gasteiger partial charge in [0.05, 0.1) is 22.8 Å². The van der Waals surface area contributed by atoms with Crippen LogP contribution in [0.4, 0.5) is 24.7 Å². The number of hydrogen-bond donors (Lipinski definition) is 5. The molecule has 14 heteroatoms. The molecule has 178 valence electrons. The lowest BCUT2D eigenvalue weighted by molar-refractivity contribution is -0.192. The van der Waals surface area contributed by atoms with Crippen LogP contribution < -0.4 is 16.8 Å². The van der Waals surface area contributed by atoms with Crippen molar-refractivity contribution in [1.29, 1.82) is 0 Å². The second-order valence-electron chi connectivity index (χ2n) is 6.74. The number of aromatic amines is 1. The molecule has 34 heavy (non-hydrogen) atoms. The highest BCUT2D eigenvalue weighted by atomic mass is 19.4. The highest BCUT2D eigenvalue weighted by Gasteiger charge is 2.38. The Morgan fingerprint density at radius 1 is 1.21 bits per heavy atom. The Balaban J connectivity index is 0.000000406. The van der Waals surface area contributed by atoms with Gasteiger partial charge in [-0.25, -0.2) is 4.79 Å². The van der Waals surface area contributed by atoms with Gasteiger partial charge in [0.15, 0.2) is 11.4 Å². The van der Waals surface area contributed by atoms with Gasteiger partial charge >= 0.3 is 12.1 Å². The molecule has 3 heterocycles. The Bertz CT molecular complexity index is 1330. The molecule has 0 aliphatic heterocycles. The molecule has 0 aliphatic carbocycles. The SMILES string of the molecule is CCNC(=O)c1cc(-c2ncc(-c3cn[nH]c3)c3onc(N)c23)ccc1N.O=C(O)C(F)(F)F. The number of fused-ring (bicyclic) bond motifs is 1. The first-order valence-electron chi connectivity index (χ1n) is 9.55. The molecule has 4 rings (SSSR count). The van der Waals surface area contributed by atoms with E-state index in [0.29, 0.717) is 45.6 Å². The molecule has 0 fully saturated rings. The quantitative estimate of drug-likeness (QED) is 0.276. The van der Waals surface area contributed by atoms with Gasteiger partial charge in [0.2, 0.25) is 0 Å². The van der Waals surface area contributed by atoms with Crippen LogP contribution in [0.15, 0.2) is 41.3 Å². The van der Waals surface area contributed by atoms with Crippen molar-refractivity contribution < 1.29 is 32.4 Å². The number of alkyl halides is 3. The zero-order chi connectivity index (χ0) is 25.0. The van der Waals surface area contributed by atoms with Crippen LogP contribution >= 0.6 is 0 Å². The van der Waals surface area contributed by atoms with E-state index >= 15 is 0 Å². The molecule has 1 amide bonds. The van der Waals surface area contributed by atoms with Crippen LogP contribution in [-0.2, 0) is 4.79 Å². The number of carbonyl (C=O) groups is 2. The lowest BCUT2D eigenvalue weighted by Gasteiger charge is -2.10. The van der Waals surface area contributed by atoms with Gasteiger partial charge in [-0.2, -0.15) is 18.3 Å². The first-order chi connectivity index (χ1) is 16.0. The minimum Gasteiger partial charge on any atom is -0.475 e. The molecule has 7 N–H and O–H groups in total. The van der Waals surface area contributed by atoms with Crippen molar-refractivity contribution in [2.45, 2.75) is 13.1 Å². The molecule has 3 aromatic heterocycles. The van der Waals surface area contributed by atoms with Gasteiger partial charge < -0.3 is 26.4 Å². The van der Waals surface area contributed by atoms with Crippen molar-refractivity contribution in [1.82, 2.24) is 25.7 Å². The summed E-state index contributed by atoms with van der Waals surface area (Å²) in [5.41, 5.74) is 16.0. The van der Waals surface area contributed by atoms with E-state index in [1.54, 1.807) is 36.8 Å². The van der Waals surface area contributed by atoms with Crippen molar-refractivity contribution in [3.63, 3.8) is 0 Å². The smallest absolute Gasteiger partial charge is 0.475 e. The summed E-state index contributed by atoms with van der Waals surface area (Å²) < 4.78 is 37.2.